The van der Waals surface area contributed by atoms with E-state index >= 15 is 0 Å². The Bertz CT molecular complexity index is 749. The number of esters is 1. The van der Waals surface area contributed by atoms with Crippen LogP contribution in [0, 0.1) is 0 Å². The lowest BCUT2D eigenvalue weighted by atomic mass is 10.2. The van der Waals surface area contributed by atoms with Crippen molar-refractivity contribution in [2.75, 3.05) is 12.3 Å². The van der Waals surface area contributed by atoms with Crippen LogP contribution in [0.5, 0.6) is 0 Å². The molecule has 0 bridgehead atoms. The zero-order chi connectivity index (χ0) is 17.8. The van der Waals surface area contributed by atoms with Crippen molar-refractivity contribution in [2.24, 2.45) is 0 Å². The summed E-state index contributed by atoms with van der Waals surface area (Å²) < 4.78 is 13.2. The quantitative estimate of drug-likeness (QED) is 0.458. The summed E-state index contributed by atoms with van der Waals surface area (Å²) in [7, 11) is 0. The highest BCUT2D eigenvalue weighted by Crippen LogP contribution is 2.32. The number of halogens is 1. The first-order chi connectivity index (χ1) is 12.1. The van der Waals surface area contributed by atoms with Crippen LogP contribution in [0.1, 0.15) is 51.7 Å². The highest BCUT2D eigenvalue weighted by atomic mass is 35.5. The third-order valence-corrected chi connectivity index (χ3v) is 4.55. The summed E-state index contributed by atoms with van der Waals surface area (Å²) in [4.78, 5) is 19.9. The minimum Gasteiger partial charge on any atom is -0.463 e. The summed E-state index contributed by atoms with van der Waals surface area (Å²) in [6.07, 6.45) is 6.70. The Morgan fingerprint density at radius 3 is 3.08 bits per heavy atom. The number of ether oxygens (including phenoxy) is 2. The van der Waals surface area contributed by atoms with E-state index in [-0.39, 0.29) is 23.6 Å². The number of anilines is 1. The number of fused-ring (bicyclic) bond motifs is 1. The fraction of sp³-hybridized carbons (Fsp3) is 0.588. The summed E-state index contributed by atoms with van der Waals surface area (Å²) in [5.41, 5.74) is 6.53. The van der Waals surface area contributed by atoms with Crippen molar-refractivity contribution in [1.29, 1.82) is 0 Å². The second kappa shape index (κ2) is 8.01. The standard InChI is InChI=1S/C17H23ClN4O3/c1-2-3-4-5-14(23)24-10-11-6-7-13(25-11)22-9-8-12-15(19)20-17(18)21-16(12)22/h8-9,11,13H,2-7,10H2,1H3,(H2,19,20,21)/t11-,13+/m0/s1. The van der Waals surface area contributed by atoms with Crippen LogP contribution in [0.4, 0.5) is 5.82 Å². The molecular weight excluding hydrogens is 344 g/mol. The summed E-state index contributed by atoms with van der Waals surface area (Å²) in [6.45, 7) is 2.40. The van der Waals surface area contributed by atoms with E-state index in [1.54, 1.807) is 0 Å². The number of carbonyl (C=O) groups excluding carboxylic acids is 1. The van der Waals surface area contributed by atoms with Gasteiger partial charge in [0.05, 0.1) is 11.5 Å². The molecule has 8 heteroatoms. The summed E-state index contributed by atoms with van der Waals surface area (Å²) in [6, 6.07) is 1.85. The first-order valence-electron chi connectivity index (χ1n) is 8.69. The van der Waals surface area contributed by atoms with Gasteiger partial charge in [0.2, 0.25) is 5.28 Å². The summed E-state index contributed by atoms with van der Waals surface area (Å²) in [5, 5.41) is 0.860. The van der Waals surface area contributed by atoms with Gasteiger partial charge in [-0.2, -0.15) is 4.98 Å². The fourth-order valence-electron chi connectivity index (χ4n) is 3.05. The number of carbonyl (C=O) groups is 1. The molecule has 7 nitrogen and oxygen atoms in total. The Morgan fingerprint density at radius 2 is 2.28 bits per heavy atom. The number of nitrogen functional groups attached to an aromatic ring is 1. The molecule has 2 N–H and O–H groups in total. The molecule has 136 valence electrons. The van der Waals surface area contributed by atoms with E-state index in [1.807, 2.05) is 16.8 Å². The van der Waals surface area contributed by atoms with Crippen LogP contribution in [0.3, 0.4) is 0 Å². The average molecular weight is 367 g/mol. The smallest absolute Gasteiger partial charge is 0.305 e. The Kier molecular flexibility index (Phi) is 5.75. The zero-order valence-electron chi connectivity index (χ0n) is 14.3. The van der Waals surface area contributed by atoms with E-state index in [2.05, 4.69) is 16.9 Å². The Balaban J connectivity index is 1.57. The van der Waals surface area contributed by atoms with E-state index < -0.39 is 0 Å². The van der Waals surface area contributed by atoms with E-state index in [0.29, 0.717) is 24.5 Å². The molecule has 1 aliphatic heterocycles. The fourth-order valence-corrected chi connectivity index (χ4v) is 3.22. The van der Waals surface area contributed by atoms with Crippen molar-refractivity contribution in [2.45, 2.75) is 57.8 Å². The number of hydrogen-bond donors (Lipinski definition) is 1. The number of nitrogens with two attached hydrogens (primary N) is 1. The maximum Gasteiger partial charge on any atom is 0.305 e. The van der Waals surface area contributed by atoms with Gasteiger partial charge in [-0.15, -0.1) is 0 Å². The molecule has 2 aromatic rings. The van der Waals surface area contributed by atoms with Gasteiger partial charge in [-0.1, -0.05) is 19.8 Å². The van der Waals surface area contributed by atoms with Crippen molar-refractivity contribution in [3.05, 3.63) is 17.5 Å². The maximum atomic E-state index is 11.7. The van der Waals surface area contributed by atoms with Crippen molar-refractivity contribution in [3.63, 3.8) is 0 Å². The van der Waals surface area contributed by atoms with Crippen LogP contribution >= 0.6 is 11.6 Å². The number of nitrogens with zero attached hydrogens (tertiary/aromatic N) is 3. The van der Waals surface area contributed by atoms with Gasteiger partial charge in [0.1, 0.15) is 24.3 Å². The minimum absolute atomic E-state index is 0.104. The summed E-state index contributed by atoms with van der Waals surface area (Å²) in [5.74, 6) is 0.198. The predicted molar refractivity (Wildman–Crippen MR) is 95.2 cm³/mol. The van der Waals surface area contributed by atoms with Crippen molar-refractivity contribution < 1.29 is 14.3 Å². The SMILES string of the molecule is CCCCCC(=O)OC[C@@H]1CC[C@H](n2ccc3c(N)nc(Cl)nc32)O1. The molecule has 2 aromatic heterocycles. The van der Waals surface area contributed by atoms with Crippen molar-refractivity contribution in [1.82, 2.24) is 14.5 Å². The van der Waals surface area contributed by atoms with Crippen molar-refractivity contribution >= 4 is 34.4 Å². The molecule has 0 unspecified atom stereocenters. The maximum absolute atomic E-state index is 11.7. The number of hydrogen-bond acceptors (Lipinski definition) is 6. The number of unbranched alkanes of at least 4 members (excludes halogenated alkanes) is 2. The van der Waals surface area contributed by atoms with Crippen LogP contribution in [0.2, 0.25) is 5.28 Å². The Labute approximate surface area is 151 Å². The first kappa shape index (κ1) is 17.9. The molecule has 0 aromatic carbocycles. The molecule has 3 rings (SSSR count). The van der Waals surface area contributed by atoms with E-state index in [1.165, 1.54) is 0 Å². The largest absolute Gasteiger partial charge is 0.463 e. The van der Waals surface area contributed by atoms with Gasteiger partial charge in [-0.3, -0.25) is 4.79 Å². The van der Waals surface area contributed by atoms with Gasteiger partial charge in [-0.05, 0) is 36.9 Å². The molecular formula is C17H23ClN4O3. The lowest BCUT2D eigenvalue weighted by Crippen LogP contribution is -2.19. The van der Waals surface area contributed by atoms with Crippen molar-refractivity contribution in [3.8, 4) is 0 Å². The highest BCUT2D eigenvalue weighted by Gasteiger charge is 2.28. The number of rotatable bonds is 7. The topological polar surface area (TPSA) is 92.3 Å². The van der Waals surface area contributed by atoms with E-state index in [4.69, 9.17) is 26.8 Å². The van der Waals surface area contributed by atoms with E-state index in [0.717, 1.165) is 37.5 Å². The highest BCUT2D eigenvalue weighted by molar-refractivity contribution is 6.28. The molecule has 1 aliphatic rings. The molecule has 0 radical (unpaired) electrons. The minimum atomic E-state index is -0.174. The van der Waals surface area contributed by atoms with Crippen LogP contribution in [0.25, 0.3) is 11.0 Å². The number of aromatic nitrogens is 3. The lowest BCUT2D eigenvalue weighted by Gasteiger charge is -2.16. The van der Waals surface area contributed by atoms with Crippen LogP contribution in [-0.2, 0) is 14.3 Å². The predicted octanol–water partition coefficient (Wildman–Crippen LogP) is 3.47. The summed E-state index contributed by atoms with van der Waals surface area (Å²) >= 11 is 5.91. The van der Waals surface area contributed by atoms with E-state index in [9.17, 15) is 4.79 Å². The monoisotopic (exact) mass is 366 g/mol. The second-order valence-corrected chi connectivity index (χ2v) is 6.61. The van der Waals surface area contributed by atoms with Gasteiger partial charge in [0.15, 0.2) is 0 Å². The third kappa shape index (κ3) is 4.22. The Morgan fingerprint density at radius 1 is 1.44 bits per heavy atom. The molecule has 25 heavy (non-hydrogen) atoms. The van der Waals surface area contributed by atoms with Gasteiger partial charge < -0.3 is 19.8 Å². The van der Waals surface area contributed by atoms with Gasteiger partial charge in [0.25, 0.3) is 0 Å². The molecule has 1 fully saturated rings. The average Bonchev–Trinajstić information content (AvgIpc) is 3.19. The molecule has 0 saturated carbocycles. The van der Waals surface area contributed by atoms with Gasteiger partial charge >= 0.3 is 5.97 Å². The van der Waals surface area contributed by atoms with Gasteiger partial charge in [-0.25, -0.2) is 4.98 Å². The van der Waals surface area contributed by atoms with Gasteiger partial charge in [0, 0.05) is 12.6 Å². The van der Waals surface area contributed by atoms with Crippen LogP contribution < -0.4 is 5.73 Å². The molecule has 3 heterocycles. The molecule has 0 spiro atoms. The normalized spacial score (nSPS) is 20.2. The van der Waals surface area contributed by atoms with Crippen LogP contribution in [0.15, 0.2) is 12.3 Å². The Hall–Kier alpha value is -1.86. The van der Waals surface area contributed by atoms with Crippen LogP contribution in [-0.4, -0.2) is 33.2 Å². The second-order valence-electron chi connectivity index (χ2n) is 6.27. The zero-order valence-corrected chi connectivity index (χ0v) is 15.0. The molecule has 0 amide bonds. The molecule has 2 atom stereocenters. The molecule has 0 aliphatic carbocycles. The molecule has 1 saturated heterocycles. The third-order valence-electron chi connectivity index (χ3n) is 4.38. The first-order valence-corrected chi connectivity index (χ1v) is 9.07. The lowest BCUT2D eigenvalue weighted by molar-refractivity contribution is -0.148.